The van der Waals surface area contributed by atoms with Crippen molar-refractivity contribution in [3.8, 4) is 5.75 Å². The van der Waals surface area contributed by atoms with Gasteiger partial charge >= 0.3 is 5.97 Å². The van der Waals surface area contributed by atoms with Crippen molar-refractivity contribution in [1.82, 2.24) is 14.8 Å². The van der Waals surface area contributed by atoms with Crippen LogP contribution in [0.4, 0.5) is 0 Å². The first kappa shape index (κ1) is 21.4. The molecule has 8 heteroatoms. The van der Waals surface area contributed by atoms with E-state index in [4.69, 9.17) is 13.9 Å². The van der Waals surface area contributed by atoms with Crippen molar-refractivity contribution in [1.29, 1.82) is 0 Å². The summed E-state index contributed by atoms with van der Waals surface area (Å²) in [6.45, 7) is 4.21. The zero-order valence-electron chi connectivity index (χ0n) is 18.3. The Kier molecular flexibility index (Phi) is 6.00. The Morgan fingerprint density at radius 2 is 2.13 bits per heavy atom. The molecule has 1 amide bonds. The number of likely N-dealkylation sites (N-methyl/N-ethyl adjacent to an activating group) is 1. The van der Waals surface area contributed by atoms with Gasteiger partial charge in [-0.05, 0) is 38.9 Å². The average molecular weight is 428 g/mol. The maximum atomic E-state index is 12.8. The van der Waals surface area contributed by atoms with Crippen LogP contribution in [-0.2, 0) is 16.1 Å². The van der Waals surface area contributed by atoms with Gasteiger partial charge in [0.15, 0.2) is 5.76 Å². The number of piperidine rings is 1. The van der Waals surface area contributed by atoms with Crippen molar-refractivity contribution >= 4 is 11.9 Å². The van der Waals surface area contributed by atoms with Crippen LogP contribution >= 0.6 is 0 Å². The zero-order chi connectivity index (χ0) is 22.0. The summed E-state index contributed by atoms with van der Waals surface area (Å²) in [5, 5.41) is 0. The number of ether oxygens (including phenoxy) is 2. The molecule has 1 spiro atoms. The summed E-state index contributed by atoms with van der Waals surface area (Å²) in [5.74, 6) is 0.920. The summed E-state index contributed by atoms with van der Waals surface area (Å²) in [6, 6.07) is 5.51. The average Bonchev–Trinajstić information content (AvgIpc) is 3.31. The Bertz CT molecular complexity index is 948. The Morgan fingerprint density at radius 3 is 2.81 bits per heavy atom. The number of furan rings is 1. The highest BCUT2D eigenvalue weighted by atomic mass is 16.6. The number of esters is 1. The predicted octanol–water partition coefficient (Wildman–Crippen LogP) is 2.66. The standard InChI is InChI=1S/C23H29N3O5/c1-16-5-11-30-20(16)21(27)26-9-6-23(7-10-26)13-19(31-22(23)28)15-25(2)14-17-12-18(29-3)4-8-24-17/h4-5,8,11-12,19H,6-7,9-10,13-15H2,1-3H3. The van der Waals surface area contributed by atoms with Crippen molar-refractivity contribution in [2.75, 3.05) is 33.8 Å². The zero-order valence-corrected chi connectivity index (χ0v) is 18.3. The van der Waals surface area contributed by atoms with E-state index in [9.17, 15) is 9.59 Å². The molecule has 2 saturated heterocycles. The maximum absolute atomic E-state index is 12.8. The maximum Gasteiger partial charge on any atom is 0.312 e. The molecule has 2 aliphatic rings. The van der Waals surface area contributed by atoms with Crippen LogP contribution in [0.3, 0.4) is 0 Å². The first-order valence-electron chi connectivity index (χ1n) is 10.6. The molecule has 0 radical (unpaired) electrons. The lowest BCUT2D eigenvalue weighted by Crippen LogP contribution is -2.45. The van der Waals surface area contributed by atoms with Gasteiger partial charge in [-0.2, -0.15) is 0 Å². The van der Waals surface area contributed by atoms with Gasteiger partial charge in [-0.25, -0.2) is 0 Å². The summed E-state index contributed by atoms with van der Waals surface area (Å²) >= 11 is 0. The second-order valence-electron chi connectivity index (χ2n) is 8.62. The fraction of sp³-hybridized carbons (Fsp3) is 0.522. The summed E-state index contributed by atoms with van der Waals surface area (Å²) < 4.78 is 16.3. The Balaban J connectivity index is 1.32. The fourth-order valence-electron chi connectivity index (χ4n) is 4.58. The van der Waals surface area contributed by atoms with Crippen LogP contribution in [-0.4, -0.2) is 66.6 Å². The number of aryl methyl sites for hydroxylation is 1. The van der Waals surface area contributed by atoms with E-state index in [0.29, 0.717) is 51.2 Å². The number of carbonyl (C=O) groups excluding carboxylic acids is 2. The molecule has 2 aliphatic heterocycles. The van der Waals surface area contributed by atoms with Gasteiger partial charge in [-0.1, -0.05) is 0 Å². The van der Waals surface area contributed by atoms with Crippen molar-refractivity contribution in [2.45, 2.75) is 38.8 Å². The number of likely N-dealkylation sites (tertiary alicyclic amines) is 1. The van der Waals surface area contributed by atoms with E-state index in [-0.39, 0.29) is 18.0 Å². The number of aromatic nitrogens is 1. The van der Waals surface area contributed by atoms with Crippen LogP contribution in [0.1, 0.15) is 41.1 Å². The van der Waals surface area contributed by atoms with Gasteiger partial charge in [0, 0.05) is 50.4 Å². The van der Waals surface area contributed by atoms with Crippen LogP contribution < -0.4 is 4.74 Å². The first-order valence-corrected chi connectivity index (χ1v) is 10.6. The van der Waals surface area contributed by atoms with E-state index in [1.165, 1.54) is 6.26 Å². The smallest absolute Gasteiger partial charge is 0.312 e. The minimum absolute atomic E-state index is 0.106. The third kappa shape index (κ3) is 4.44. The molecule has 31 heavy (non-hydrogen) atoms. The number of hydrogen-bond donors (Lipinski definition) is 0. The molecule has 1 unspecified atom stereocenters. The minimum Gasteiger partial charge on any atom is -0.497 e. The lowest BCUT2D eigenvalue weighted by molar-refractivity contribution is -0.151. The second kappa shape index (κ2) is 8.70. The lowest BCUT2D eigenvalue weighted by atomic mass is 9.76. The third-order valence-electron chi connectivity index (χ3n) is 6.36. The fourth-order valence-corrected chi connectivity index (χ4v) is 4.58. The van der Waals surface area contributed by atoms with Crippen LogP contribution in [0.2, 0.25) is 0 Å². The topological polar surface area (TPSA) is 85.1 Å². The summed E-state index contributed by atoms with van der Waals surface area (Å²) in [4.78, 5) is 33.7. The van der Waals surface area contributed by atoms with E-state index in [1.807, 2.05) is 26.1 Å². The highest BCUT2D eigenvalue weighted by Crippen LogP contribution is 2.43. The number of nitrogens with zero attached hydrogens (tertiary/aromatic N) is 3. The third-order valence-corrected chi connectivity index (χ3v) is 6.36. The number of amides is 1. The lowest BCUT2D eigenvalue weighted by Gasteiger charge is -2.36. The van der Waals surface area contributed by atoms with Gasteiger partial charge in [0.2, 0.25) is 0 Å². The second-order valence-corrected chi connectivity index (χ2v) is 8.62. The largest absolute Gasteiger partial charge is 0.497 e. The minimum atomic E-state index is -0.491. The van der Waals surface area contributed by atoms with Gasteiger partial charge < -0.3 is 18.8 Å². The molecule has 8 nitrogen and oxygen atoms in total. The van der Waals surface area contributed by atoms with E-state index in [1.54, 1.807) is 24.3 Å². The van der Waals surface area contributed by atoms with Gasteiger partial charge in [0.1, 0.15) is 11.9 Å². The summed E-state index contributed by atoms with van der Waals surface area (Å²) in [7, 11) is 3.63. The number of pyridine rings is 1. The van der Waals surface area contributed by atoms with Crippen molar-refractivity contribution in [2.24, 2.45) is 5.41 Å². The number of hydrogen-bond acceptors (Lipinski definition) is 7. The van der Waals surface area contributed by atoms with E-state index < -0.39 is 5.41 Å². The van der Waals surface area contributed by atoms with E-state index >= 15 is 0 Å². The number of rotatable bonds is 6. The molecule has 2 aromatic rings. The van der Waals surface area contributed by atoms with E-state index in [2.05, 4.69) is 9.88 Å². The molecule has 0 aromatic carbocycles. The molecule has 4 rings (SSSR count). The Morgan fingerprint density at radius 1 is 1.35 bits per heavy atom. The van der Waals surface area contributed by atoms with Crippen LogP contribution in [0.25, 0.3) is 0 Å². The van der Waals surface area contributed by atoms with Gasteiger partial charge in [-0.3, -0.25) is 19.5 Å². The van der Waals surface area contributed by atoms with Gasteiger partial charge in [0.05, 0.1) is 24.5 Å². The van der Waals surface area contributed by atoms with Crippen molar-refractivity contribution in [3.05, 3.63) is 47.7 Å². The predicted molar refractivity (Wildman–Crippen MR) is 113 cm³/mol. The van der Waals surface area contributed by atoms with Crippen molar-refractivity contribution in [3.63, 3.8) is 0 Å². The highest BCUT2D eigenvalue weighted by Gasteiger charge is 2.51. The SMILES string of the molecule is COc1ccnc(CN(C)CC2CC3(CCN(C(=O)c4occc4C)CC3)C(=O)O2)c1. The van der Waals surface area contributed by atoms with Crippen LogP contribution in [0.5, 0.6) is 5.75 Å². The highest BCUT2D eigenvalue weighted by molar-refractivity contribution is 5.93. The van der Waals surface area contributed by atoms with Crippen LogP contribution in [0, 0.1) is 12.3 Å². The molecular weight excluding hydrogens is 398 g/mol. The molecule has 0 saturated carbocycles. The van der Waals surface area contributed by atoms with Gasteiger partial charge in [0.25, 0.3) is 5.91 Å². The molecule has 0 bridgehead atoms. The molecule has 2 fully saturated rings. The number of carbonyl (C=O) groups is 2. The number of cyclic esters (lactones) is 1. The summed E-state index contributed by atoms with van der Waals surface area (Å²) in [5.41, 5.74) is 1.24. The molecule has 4 heterocycles. The molecule has 1 atom stereocenters. The molecule has 0 N–H and O–H groups in total. The summed E-state index contributed by atoms with van der Waals surface area (Å²) in [6.07, 6.45) is 5.03. The normalized spacial score (nSPS) is 20.3. The Labute approximate surface area is 182 Å². The molecule has 166 valence electrons. The van der Waals surface area contributed by atoms with Crippen LogP contribution in [0.15, 0.2) is 35.1 Å². The van der Waals surface area contributed by atoms with Gasteiger partial charge in [-0.15, -0.1) is 0 Å². The molecule has 0 aliphatic carbocycles. The number of methoxy groups -OCH3 is 1. The van der Waals surface area contributed by atoms with Crippen molar-refractivity contribution < 1.29 is 23.5 Å². The quantitative estimate of drug-likeness (QED) is 0.655. The molecular formula is C23H29N3O5. The monoisotopic (exact) mass is 427 g/mol. The first-order chi connectivity index (χ1) is 14.9. The Hall–Kier alpha value is -2.87. The van der Waals surface area contributed by atoms with E-state index in [0.717, 1.165) is 17.0 Å². The molecule has 2 aromatic heterocycles.